The van der Waals surface area contributed by atoms with Gasteiger partial charge in [-0.2, -0.15) is 0 Å². The van der Waals surface area contributed by atoms with Crippen LogP contribution in [0.25, 0.3) is 0 Å². The third-order valence-electron chi connectivity index (χ3n) is 1.95. The molecule has 1 aliphatic heterocycles. The predicted octanol–water partition coefficient (Wildman–Crippen LogP) is -3.26. The van der Waals surface area contributed by atoms with Gasteiger partial charge in [0.25, 0.3) is 0 Å². The average molecular weight is 234 g/mol. The van der Waals surface area contributed by atoms with E-state index in [4.69, 9.17) is 20.7 Å². The average Bonchev–Trinajstić information content (AvgIpc) is 2.08. The van der Waals surface area contributed by atoms with Gasteiger partial charge in [-0.3, -0.25) is 0 Å². The zero-order valence-electron chi connectivity index (χ0n) is 6.75. The summed E-state index contributed by atoms with van der Waals surface area (Å²) in [5.74, 6) is 0. The molecule has 0 aliphatic carbocycles. The van der Waals surface area contributed by atoms with Crippen LogP contribution in [0.4, 0.5) is 0 Å². The molecule has 1 radical (unpaired) electrons. The van der Waals surface area contributed by atoms with E-state index in [9.17, 15) is 10.2 Å². The molecule has 5 atom stereocenters. The van der Waals surface area contributed by atoms with Gasteiger partial charge >= 0.3 is 17.1 Å². The first-order chi connectivity index (χ1) is 5.57. The first-order valence-corrected chi connectivity index (χ1v) is 3.64. The quantitative estimate of drug-likeness (QED) is 0.304. The largest absolute Gasteiger partial charge is 2.00 e. The fraction of sp³-hybridized carbons (Fsp3) is 1.00. The van der Waals surface area contributed by atoms with Gasteiger partial charge in [-0.15, -0.1) is 0 Å². The summed E-state index contributed by atoms with van der Waals surface area (Å²) < 4.78 is 4.70. The van der Waals surface area contributed by atoms with E-state index in [1.165, 1.54) is 0 Å². The number of nitrogens with two attached hydrogens (primary N) is 1. The molecule has 0 unspecified atom stereocenters. The maximum absolute atomic E-state index is 9.20. The van der Waals surface area contributed by atoms with E-state index in [0.29, 0.717) is 0 Å². The topological polar surface area (TPSA) is 116 Å². The molecule has 1 saturated heterocycles. The molecule has 0 saturated carbocycles. The van der Waals surface area contributed by atoms with Gasteiger partial charge < -0.3 is 30.9 Å². The Bertz CT molecular complexity index is 155. The second-order valence-corrected chi connectivity index (χ2v) is 2.81. The number of aliphatic hydroxyl groups excluding tert-OH is 4. The molecule has 1 heterocycles. The van der Waals surface area contributed by atoms with E-state index >= 15 is 0 Å². The van der Waals surface area contributed by atoms with Crippen LogP contribution in [0.1, 0.15) is 0 Å². The maximum Gasteiger partial charge on any atom is 2.00 e. The van der Waals surface area contributed by atoms with Crippen LogP contribution in [0.3, 0.4) is 0 Å². The Kier molecular flexibility index (Phi) is 5.34. The first-order valence-electron chi connectivity index (χ1n) is 3.64. The normalized spacial score (nSPS) is 45.5. The SMILES string of the molecule is N[C@@H]1[C@@H](O)[C@H](O)[C@@H](CO)O[C@H]1O.[Mn+2]. The molecule has 7 heteroatoms. The van der Waals surface area contributed by atoms with Crippen LogP contribution in [-0.2, 0) is 21.8 Å². The summed E-state index contributed by atoms with van der Waals surface area (Å²) in [4.78, 5) is 0. The Morgan fingerprint density at radius 3 is 2.15 bits per heavy atom. The minimum absolute atomic E-state index is 0. The van der Waals surface area contributed by atoms with Crippen molar-refractivity contribution in [3.8, 4) is 0 Å². The fourth-order valence-electron chi connectivity index (χ4n) is 1.12. The number of aliphatic hydroxyl groups is 4. The second-order valence-electron chi connectivity index (χ2n) is 2.81. The van der Waals surface area contributed by atoms with Gasteiger partial charge in [0.2, 0.25) is 0 Å². The Hall–Kier alpha value is 0.279. The summed E-state index contributed by atoms with van der Waals surface area (Å²) in [6.07, 6.45) is -4.85. The molecule has 0 aromatic carbocycles. The molecule has 1 aliphatic rings. The molecule has 0 bridgehead atoms. The van der Waals surface area contributed by atoms with E-state index in [1.807, 2.05) is 0 Å². The monoisotopic (exact) mass is 234 g/mol. The van der Waals surface area contributed by atoms with Crippen molar-refractivity contribution < 1.29 is 42.2 Å². The molecule has 77 valence electrons. The third kappa shape index (κ3) is 2.61. The Morgan fingerprint density at radius 1 is 1.15 bits per heavy atom. The number of rotatable bonds is 1. The molecular weight excluding hydrogens is 221 g/mol. The van der Waals surface area contributed by atoms with Crippen molar-refractivity contribution in [2.45, 2.75) is 30.6 Å². The number of ether oxygens (including phenoxy) is 1. The van der Waals surface area contributed by atoms with Crippen LogP contribution < -0.4 is 5.73 Å². The minimum atomic E-state index is -1.35. The van der Waals surface area contributed by atoms with Crippen molar-refractivity contribution in [3.05, 3.63) is 0 Å². The van der Waals surface area contributed by atoms with Crippen LogP contribution >= 0.6 is 0 Å². The van der Waals surface area contributed by atoms with Gasteiger partial charge in [0.15, 0.2) is 6.29 Å². The van der Waals surface area contributed by atoms with Crippen molar-refractivity contribution in [2.24, 2.45) is 5.73 Å². The van der Waals surface area contributed by atoms with E-state index in [-0.39, 0.29) is 17.1 Å². The van der Waals surface area contributed by atoms with Crippen LogP contribution in [0.2, 0.25) is 0 Å². The van der Waals surface area contributed by atoms with Crippen molar-refractivity contribution in [1.82, 2.24) is 0 Å². The zero-order valence-corrected chi connectivity index (χ0v) is 7.93. The third-order valence-corrected chi connectivity index (χ3v) is 1.95. The van der Waals surface area contributed by atoms with Gasteiger partial charge in [-0.25, -0.2) is 0 Å². The van der Waals surface area contributed by atoms with Crippen LogP contribution in [-0.4, -0.2) is 57.7 Å². The summed E-state index contributed by atoms with van der Waals surface area (Å²) in [5, 5.41) is 36.1. The minimum Gasteiger partial charge on any atom is -0.394 e. The molecular formula is C6H13MnNO5+2. The molecule has 0 amide bonds. The molecule has 0 aromatic rings. The Balaban J connectivity index is 0.00000144. The van der Waals surface area contributed by atoms with Crippen molar-refractivity contribution >= 4 is 0 Å². The van der Waals surface area contributed by atoms with Crippen LogP contribution in [0, 0.1) is 0 Å². The van der Waals surface area contributed by atoms with Crippen molar-refractivity contribution in [1.29, 1.82) is 0 Å². The summed E-state index contributed by atoms with van der Waals surface area (Å²) in [6, 6.07) is -1.04. The van der Waals surface area contributed by atoms with Gasteiger partial charge in [-0.05, 0) is 0 Å². The predicted molar refractivity (Wildman–Crippen MR) is 38.0 cm³/mol. The molecule has 0 spiro atoms. The molecule has 1 rings (SSSR count). The summed E-state index contributed by atoms with van der Waals surface area (Å²) in [7, 11) is 0. The van der Waals surface area contributed by atoms with E-state index in [0.717, 1.165) is 0 Å². The standard InChI is InChI=1S/C6H13NO5.Mn/c7-3-5(10)4(9)2(1-8)12-6(3)11;/h2-6,8-11H,1,7H2;/q;+2/t2-,3-,4-,5-,6-;/m1./s1. The Labute approximate surface area is 85.8 Å². The van der Waals surface area contributed by atoms with Crippen molar-refractivity contribution in [2.75, 3.05) is 6.61 Å². The van der Waals surface area contributed by atoms with Gasteiger partial charge in [0.05, 0.1) is 12.6 Å². The molecule has 6 nitrogen and oxygen atoms in total. The molecule has 6 N–H and O–H groups in total. The smallest absolute Gasteiger partial charge is 0.394 e. The van der Waals surface area contributed by atoms with Crippen LogP contribution in [0.15, 0.2) is 0 Å². The summed E-state index contributed by atoms with van der Waals surface area (Å²) in [5.41, 5.74) is 5.26. The first kappa shape index (κ1) is 13.3. The maximum atomic E-state index is 9.20. The van der Waals surface area contributed by atoms with E-state index in [2.05, 4.69) is 0 Å². The summed E-state index contributed by atoms with van der Waals surface area (Å²) >= 11 is 0. The van der Waals surface area contributed by atoms with Gasteiger partial charge in [-0.1, -0.05) is 0 Å². The van der Waals surface area contributed by atoms with Crippen molar-refractivity contribution in [3.63, 3.8) is 0 Å². The Morgan fingerprint density at radius 2 is 1.69 bits per heavy atom. The van der Waals surface area contributed by atoms with Crippen LogP contribution in [0.5, 0.6) is 0 Å². The second kappa shape index (κ2) is 5.23. The number of hydrogen-bond donors (Lipinski definition) is 5. The summed E-state index contributed by atoms with van der Waals surface area (Å²) in [6.45, 7) is -0.470. The fourth-order valence-corrected chi connectivity index (χ4v) is 1.12. The van der Waals surface area contributed by atoms with Gasteiger partial charge in [0.1, 0.15) is 18.3 Å². The molecule has 0 aromatic heterocycles. The van der Waals surface area contributed by atoms with E-state index in [1.54, 1.807) is 0 Å². The van der Waals surface area contributed by atoms with E-state index < -0.39 is 37.3 Å². The molecule has 1 fully saturated rings. The molecule has 13 heavy (non-hydrogen) atoms. The number of hydrogen-bond acceptors (Lipinski definition) is 6. The van der Waals surface area contributed by atoms with Gasteiger partial charge in [0, 0.05) is 0 Å². The zero-order chi connectivity index (χ0) is 9.30.